The number of amides is 3. The summed E-state index contributed by atoms with van der Waals surface area (Å²) in [7, 11) is 0. The largest absolute Gasteiger partial charge is 0.481 e. The summed E-state index contributed by atoms with van der Waals surface area (Å²) >= 11 is 0. The molecule has 1 aliphatic rings. The van der Waals surface area contributed by atoms with Crippen molar-refractivity contribution in [3.8, 4) is 0 Å². The van der Waals surface area contributed by atoms with E-state index in [1.165, 1.54) is 6.92 Å². The number of carbonyl (C=O) groups is 3. The Morgan fingerprint density at radius 3 is 2.38 bits per heavy atom. The van der Waals surface area contributed by atoms with E-state index >= 15 is 0 Å². The second-order valence-electron chi connectivity index (χ2n) is 5.47. The van der Waals surface area contributed by atoms with Gasteiger partial charge < -0.3 is 20.6 Å². The first-order valence-electron chi connectivity index (χ1n) is 7.46. The van der Waals surface area contributed by atoms with Gasteiger partial charge in [-0.2, -0.15) is 0 Å². The van der Waals surface area contributed by atoms with Crippen LogP contribution in [0.4, 0.5) is 4.79 Å². The molecule has 3 N–H and O–H groups in total. The highest BCUT2D eigenvalue weighted by molar-refractivity contribution is 5.76. The number of likely N-dealkylation sites (tertiary alicyclic amines) is 1. The van der Waals surface area contributed by atoms with Crippen molar-refractivity contribution in [2.24, 2.45) is 5.92 Å². The minimum atomic E-state index is -0.874. The average Bonchev–Trinajstić information content (AvgIpc) is 2.43. The number of piperidine rings is 1. The molecule has 120 valence electrons. The van der Waals surface area contributed by atoms with Crippen LogP contribution in [-0.2, 0) is 9.59 Å². The van der Waals surface area contributed by atoms with Crippen LogP contribution in [0.5, 0.6) is 0 Å². The molecule has 1 atom stereocenters. The molecule has 0 saturated carbocycles. The van der Waals surface area contributed by atoms with Gasteiger partial charge in [0.1, 0.15) is 0 Å². The summed E-state index contributed by atoms with van der Waals surface area (Å²) < 4.78 is 0. The van der Waals surface area contributed by atoms with Gasteiger partial charge in [0.15, 0.2) is 0 Å². The molecule has 7 nitrogen and oxygen atoms in total. The number of urea groups is 1. The topological polar surface area (TPSA) is 98.7 Å². The first-order chi connectivity index (χ1) is 9.93. The fourth-order valence-corrected chi connectivity index (χ4v) is 2.50. The molecule has 1 unspecified atom stereocenters. The highest BCUT2D eigenvalue weighted by Crippen LogP contribution is 2.11. The summed E-state index contributed by atoms with van der Waals surface area (Å²) in [5, 5.41) is 14.6. The van der Waals surface area contributed by atoms with Crippen molar-refractivity contribution in [1.29, 1.82) is 0 Å². The van der Waals surface area contributed by atoms with Gasteiger partial charge in [-0.15, -0.1) is 0 Å². The zero-order valence-corrected chi connectivity index (χ0v) is 12.7. The van der Waals surface area contributed by atoms with Crippen molar-refractivity contribution in [3.05, 3.63) is 0 Å². The second kappa shape index (κ2) is 8.49. The van der Waals surface area contributed by atoms with Gasteiger partial charge in [0.25, 0.3) is 0 Å². The van der Waals surface area contributed by atoms with Gasteiger partial charge in [-0.25, -0.2) is 4.79 Å². The van der Waals surface area contributed by atoms with Crippen LogP contribution in [-0.4, -0.2) is 53.6 Å². The van der Waals surface area contributed by atoms with Gasteiger partial charge >= 0.3 is 12.0 Å². The van der Waals surface area contributed by atoms with E-state index in [9.17, 15) is 14.4 Å². The number of carbonyl (C=O) groups excluding carboxylic acids is 2. The Morgan fingerprint density at radius 1 is 1.29 bits per heavy atom. The van der Waals surface area contributed by atoms with Crippen molar-refractivity contribution in [3.63, 3.8) is 0 Å². The third kappa shape index (κ3) is 6.01. The maximum absolute atomic E-state index is 12.0. The second-order valence-corrected chi connectivity index (χ2v) is 5.47. The molecule has 0 aromatic heterocycles. The predicted molar refractivity (Wildman–Crippen MR) is 77.8 cm³/mol. The number of aliphatic carboxylic acids is 1. The van der Waals surface area contributed by atoms with Gasteiger partial charge in [-0.05, 0) is 19.3 Å². The Bertz CT molecular complexity index is 378. The minimum absolute atomic E-state index is 0.0539. The Hall–Kier alpha value is -1.79. The van der Waals surface area contributed by atoms with Gasteiger partial charge in [-0.3, -0.25) is 9.59 Å². The summed E-state index contributed by atoms with van der Waals surface area (Å²) in [4.78, 5) is 35.7. The number of hydrogen-bond acceptors (Lipinski definition) is 3. The maximum Gasteiger partial charge on any atom is 0.317 e. The van der Waals surface area contributed by atoms with E-state index in [1.807, 2.05) is 6.92 Å². The SMILES string of the molecule is CCCC(CNC(=O)N1CCC(NC(C)=O)CC1)C(=O)O. The van der Waals surface area contributed by atoms with Crippen LogP contribution >= 0.6 is 0 Å². The monoisotopic (exact) mass is 299 g/mol. The van der Waals surface area contributed by atoms with Crippen LogP contribution in [0.2, 0.25) is 0 Å². The van der Waals surface area contributed by atoms with E-state index in [-0.39, 0.29) is 24.5 Å². The summed E-state index contributed by atoms with van der Waals surface area (Å²) in [5.74, 6) is -1.46. The number of carboxylic acid groups (broad SMARTS) is 1. The molecule has 1 aliphatic heterocycles. The van der Waals surface area contributed by atoms with Crippen molar-refractivity contribution >= 4 is 17.9 Å². The third-order valence-corrected chi connectivity index (χ3v) is 3.68. The Kier molecular flexibility index (Phi) is 6.98. The van der Waals surface area contributed by atoms with E-state index in [4.69, 9.17) is 5.11 Å². The number of carboxylic acids is 1. The number of nitrogens with one attached hydrogen (secondary N) is 2. The molecule has 0 radical (unpaired) electrons. The molecule has 0 spiro atoms. The zero-order chi connectivity index (χ0) is 15.8. The van der Waals surface area contributed by atoms with Gasteiger partial charge in [0.2, 0.25) is 5.91 Å². The van der Waals surface area contributed by atoms with Crippen LogP contribution in [0, 0.1) is 5.92 Å². The highest BCUT2D eigenvalue weighted by Gasteiger charge is 2.24. The third-order valence-electron chi connectivity index (χ3n) is 3.68. The van der Waals surface area contributed by atoms with E-state index in [0.29, 0.717) is 19.5 Å². The smallest absolute Gasteiger partial charge is 0.317 e. The minimum Gasteiger partial charge on any atom is -0.481 e. The molecule has 7 heteroatoms. The van der Waals surface area contributed by atoms with Gasteiger partial charge in [0.05, 0.1) is 5.92 Å². The van der Waals surface area contributed by atoms with Crippen molar-refractivity contribution in [2.45, 2.75) is 45.6 Å². The van der Waals surface area contributed by atoms with Crippen LogP contribution in [0.1, 0.15) is 39.5 Å². The lowest BCUT2D eigenvalue weighted by Crippen LogP contribution is -2.50. The van der Waals surface area contributed by atoms with Crippen LogP contribution in [0.3, 0.4) is 0 Å². The molecule has 0 aromatic carbocycles. The highest BCUT2D eigenvalue weighted by atomic mass is 16.4. The zero-order valence-electron chi connectivity index (χ0n) is 12.7. The van der Waals surface area contributed by atoms with Crippen molar-refractivity contribution in [1.82, 2.24) is 15.5 Å². The van der Waals surface area contributed by atoms with E-state index in [1.54, 1.807) is 4.90 Å². The molecule has 1 saturated heterocycles. The fraction of sp³-hybridized carbons (Fsp3) is 0.786. The van der Waals surface area contributed by atoms with Crippen LogP contribution in [0.25, 0.3) is 0 Å². The molecule has 0 aliphatic carbocycles. The molecule has 0 bridgehead atoms. The lowest BCUT2D eigenvalue weighted by Gasteiger charge is -2.32. The van der Waals surface area contributed by atoms with Crippen molar-refractivity contribution in [2.75, 3.05) is 19.6 Å². The Labute approximate surface area is 125 Å². The summed E-state index contributed by atoms with van der Waals surface area (Å²) in [6.07, 6.45) is 2.78. The van der Waals surface area contributed by atoms with E-state index in [0.717, 1.165) is 19.3 Å². The lowest BCUT2D eigenvalue weighted by molar-refractivity contribution is -0.141. The first kappa shape index (κ1) is 17.3. The first-order valence-corrected chi connectivity index (χ1v) is 7.46. The molecular formula is C14H25N3O4. The number of rotatable bonds is 6. The average molecular weight is 299 g/mol. The molecular weight excluding hydrogens is 274 g/mol. The summed E-state index contributed by atoms with van der Waals surface area (Å²) in [6.45, 7) is 4.71. The Balaban J connectivity index is 2.33. The normalized spacial score (nSPS) is 17.1. The van der Waals surface area contributed by atoms with Gasteiger partial charge in [0, 0.05) is 32.6 Å². The van der Waals surface area contributed by atoms with Crippen LogP contribution < -0.4 is 10.6 Å². The Morgan fingerprint density at radius 2 is 1.90 bits per heavy atom. The lowest BCUT2D eigenvalue weighted by atomic mass is 10.0. The van der Waals surface area contributed by atoms with E-state index < -0.39 is 11.9 Å². The molecule has 3 amide bonds. The fourth-order valence-electron chi connectivity index (χ4n) is 2.50. The summed E-state index contributed by atoms with van der Waals surface area (Å²) in [5.41, 5.74) is 0. The van der Waals surface area contributed by atoms with Crippen LogP contribution in [0.15, 0.2) is 0 Å². The molecule has 1 rings (SSSR count). The molecule has 1 fully saturated rings. The molecule has 0 aromatic rings. The number of nitrogens with zero attached hydrogens (tertiary/aromatic N) is 1. The van der Waals surface area contributed by atoms with E-state index in [2.05, 4.69) is 10.6 Å². The quantitative estimate of drug-likeness (QED) is 0.675. The van der Waals surface area contributed by atoms with Gasteiger partial charge in [-0.1, -0.05) is 13.3 Å². The molecule has 1 heterocycles. The summed E-state index contributed by atoms with van der Waals surface area (Å²) in [6, 6.07) is -0.1000. The van der Waals surface area contributed by atoms with Crippen molar-refractivity contribution < 1.29 is 19.5 Å². The standard InChI is InChI=1S/C14H25N3O4/c1-3-4-11(13(19)20)9-15-14(21)17-7-5-12(6-8-17)16-10(2)18/h11-12H,3-9H2,1-2H3,(H,15,21)(H,16,18)(H,19,20). The number of hydrogen-bond donors (Lipinski definition) is 3. The molecule has 21 heavy (non-hydrogen) atoms. The predicted octanol–water partition coefficient (Wildman–Crippen LogP) is 0.797. The maximum atomic E-state index is 12.0.